The van der Waals surface area contributed by atoms with Gasteiger partial charge < -0.3 is 5.32 Å². The number of carbonyl (C=O) groups is 1. The first-order chi connectivity index (χ1) is 4.68. The van der Waals surface area contributed by atoms with Crippen LogP contribution in [0.1, 0.15) is 20.3 Å². The third-order valence-corrected chi connectivity index (χ3v) is 1.58. The van der Waals surface area contributed by atoms with Gasteiger partial charge in [-0.2, -0.15) is 0 Å². The first kappa shape index (κ1) is 7.32. The third-order valence-electron chi connectivity index (χ3n) is 1.58. The Bertz CT molecular complexity index is 168. The van der Waals surface area contributed by atoms with Crippen LogP contribution in [0.3, 0.4) is 0 Å². The Morgan fingerprint density at radius 1 is 1.70 bits per heavy atom. The molecule has 0 aliphatic carbocycles. The zero-order chi connectivity index (χ0) is 7.56. The minimum atomic E-state index is 0.183. The average molecular weight is 139 g/mol. The Hall–Kier alpha value is -0.790. The van der Waals surface area contributed by atoms with Crippen LogP contribution in [0.4, 0.5) is 0 Å². The number of nitrogens with one attached hydrogen (secondary N) is 1. The fourth-order valence-corrected chi connectivity index (χ4v) is 1.22. The second kappa shape index (κ2) is 2.86. The monoisotopic (exact) mass is 139 g/mol. The summed E-state index contributed by atoms with van der Waals surface area (Å²) in [5.74, 6) is 0.625. The molecule has 0 saturated carbocycles. The van der Waals surface area contributed by atoms with E-state index in [2.05, 4.69) is 25.2 Å². The highest BCUT2D eigenvalue weighted by molar-refractivity contribution is 5.78. The molecule has 0 aromatic rings. The van der Waals surface area contributed by atoms with Gasteiger partial charge in [0.2, 0.25) is 5.91 Å². The zero-order valence-corrected chi connectivity index (χ0v) is 6.48. The number of carbonyl (C=O) groups excluding carboxylic acids is 1. The van der Waals surface area contributed by atoms with Crippen LogP contribution in [0.5, 0.6) is 0 Å². The average Bonchev–Trinajstić information content (AvgIpc) is 2.13. The molecule has 1 unspecified atom stereocenters. The summed E-state index contributed by atoms with van der Waals surface area (Å²) in [6.45, 7) is 4.94. The number of rotatable bonds is 1. The summed E-state index contributed by atoms with van der Waals surface area (Å²) in [7, 11) is 0. The van der Waals surface area contributed by atoms with Crippen LogP contribution in [0, 0.1) is 5.92 Å². The Kier molecular flexibility index (Phi) is 2.10. The maximum absolute atomic E-state index is 10.7. The minimum Gasteiger partial charge on any atom is -0.355 e. The van der Waals surface area contributed by atoms with Gasteiger partial charge in [0.1, 0.15) is 0 Å². The van der Waals surface area contributed by atoms with Crippen molar-refractivity contribution in [1.82, 2.24) is 5.32 Å². The van der Waals surface area contributed by atoms with Gasteiger partial charge >= 0.3 is 0 Å². The van der Waals surface area contributed by atoms with E-state index in [9.17, 15) is 4.79 Å². The van der Waals surface area contributed by atoms with Gasteiger partial charge in [-0.1, -0.05) is 11.6 Å². The molecule has 1 N–H and O–H groups in total. The molecule has 0 bridgehead atoms. The number of allylic oxidation sites excluding steroid dienone is 1. The quantitative estimate of drug-likeness (QED) is 0.541. The van der Waals surface area contributed by atoms with Crippen LogP contribution >= 0.6 is 0 Å². The molecule has 1 aliphatic heterocycles. The molecule has 56 valence electrons. The minimum absolute atomic E-state index is 0.183. The maximum Gasteiger partial charge on any atom is 0.220 e. The third kappa shape index (κ3) is 1.87. The van der Waals surface area contributed by atoms with Crippen molar-refractivity contribution in [3.05, 3.63) is 11.6 Å². The van der Waals surface area contributed by atoms with Crippen LogP contribution in [-0.4, -0.2) is 12.5 Å². The molecule has 1 saturated heterocycles. The lowest BCUT2D eigenvalue weighted by molar-refractivity contribution is -0.119. The Morgan fingerprint density at radius 3 is 2.80 bits per heavy atom. The summed E-state index contributed by atoms with van der Waals surface area (Å²) in [4.78, 5) is 10.7. The van der Waals surface area contributed by atoms with Gasteiger partial charge in [-0.3, -0.25) is 4.79 Å². The lowest BCUT2D eigenvalue weighted by Gasteiger charge is -1.98. The van der Waals surface area contributed by atoms with Gasteiger partial charge in [-0.15, -0.1) is 0 Å². The summed E-state index contributed by atoms with van der Waals surface area (Å²) in [6, 6.07) is 0. The summed E-state index contributed by atoms with van der Waals surface area (Å²) >= 11 is 0. The topological polar surface area (TPSA) is 29.1 Å². The molecule has 1 atom stereocenters. The molecule has 1 heterocycles. The van der Waals surface area contributed by atoms with Gasteiger partial charge in [0.05, 0.1) is 0 Å². The molecular weight excluding hydrogens is 126 g/mol. The molecule has 1 amide bonds. The van der Waals surface area contributed by atoms with E-state index in [1.807, 2.05) is 0 Å². The molecular formula is C8H13NO. The van der Waals surface area contributed by atoms with Gasteiger partial charge in [0.15, 0.2) is 0 Å². The van der Waals surface area contributed by atoms with Crippen molar-refractivity contribution >= 4 is 5.91 Å². The van der Waals surface area contributed by atoms with E-state index in [0.717, 1.165) is 6.54 Å². The molecule has 1 fully saturated rings. The largest absolute Gasteiger partial charge is 0.355 e. The highest BCUT2D eigenvalue weighted by Crippen LogP contribution is 2.11. The Labute approximate surface area is 61.3 Å². The normalized spacial score (nSPS) is 24.2. The standard InChI is InChI=1S/C8H13NO/c1-6(2)3-7-4-8(10)9-5-7/h3,7H,4-5H2,1-2H3,(H,9,10). The van der Waals surface area contributed by atoms with E-state index in [0.29, 0.717) is 12.3 Å². The number of hydrogen-bond donors (Lipinski definition) is 1. The van der Waals surface area contributed by atoms with E-state index in [1.165, 1.54) is 5.57 Å². The molecule has 0 aromatic carbocycles. The zero-order valence-electron chi connectivity index (χ0n) is 6.48. The van der Waals surface area contributed by atoms with Crippen molar-refractivity contribution in [3.8, 4) is 0 Å². The van der Waals surface area contributed by atoms with E-state index in [4.69, 9.17) is 0 Å². The van der Waals surface area contributed by atoms with Crippen molar-refractivity contribution in [2.45, 2.75) is 20.3 Å². The molecule has 2 heteroatoms. The van der Waals surface area contributed by atoms with Gasteiger partial charge in [-0.05, 0) is 13.8 Å². The van der Waals surface area contributed by atoms with Crippen LogP contribution < -0.4 is 5.32 Å². The molecule has 0 aromatic heterocycles. The highest BCUT2D eigenvalue weighted by Gasteiger charge is 2.18. The first-order valence-corrected chi connectivity index (χ1v) is 3.60. The van der Waals surface area contributed by atoms with Gasteiger partial charge in [0.25, 0.3) is 0 Å². The number of hydrogen-bond acceptors (Lipinski definition) is 1. The van der Waals surface area contributed by atoms with Gasteiger partial charge in [-0.25, -0.2) is 0 Å². The number of amides is 1. The van der Waals surface area contributed by atoms with Crippen LogP contribution in [0.25, 0.3) is 0 Å². The summed E-state index contributed by atoms with van der Waals surface area (Å²) < 4.78 is 0. The van der Waals surface area contributed by atoms with Crippen LogP contribution in [-0.2, 0) is 4.79 Å². The smallest absolute Gasteiger partial charge is 0.220 e. The molecule has 1 aliphatic rings. The van der Waals surface area contributed by atoms with Crippen molar-refractivity contribution in [2.24, 2.45) is 5.92 Å². The Morgan fingerprint density at radius 2 is 2.40 bits per heavy atom. The van der Waals surface area contributed by atoms with Gasteiger partial charge in [0, 0.05) is 18.9 Å². The predicted molar refractivity (Wildman–Crippen MR) is 40.5 cm³/mol. The van der Waals surface area contributed by atoms with Crippen molar-refractivity contribution in [3.63, 3.8) is 0 Å². The van der Waals surface area contributed by atoms with E-state index in [-0.39, 0.29) is 5.91 Å². The van der Waals surface area contributed by atoms with Crippen LogP contribution in [0.15, 0.2) is 11.6 Å². The van der Waals surface area contributed by atoms with Crippen molar-refractivity contribution in [1.29, 1.82) is 0 Å². The molecule has 0 spiro atoms. The fraction of sp³-hybridized carbons (Fsp3) is 0.625. The molecule has 10 heavy (non-hydrogen) atoms. The highest BCUT2D eigenvalue weighted by atomic mass is 16.1. The summed E-state index contributed by atoms with van der Waals surface area (Å²) in [5.41, 5.74) is 1.29. The summed E-state index contributed by atoms with van der Waals surface area (Å²) in [5, 5.41) is 2.79. The van der Waals surface area contributed by atoms with Crippen LogP contribution in [0.2, 0.25) is 0 Å². The second-order valence-electron chi connectivity index (χ2n) is 3.01. The molecule has 0 radical (unpaired) electrons. The second-order valence-corrected chi connectivity index (χ2v) is 3.01. The van der Waals surface area contributed by atoms with E-state index >= 15 is 0 Å². The predicted octanol–water partition coefficient (Wildman–Crippen LogP) is 1.09. The summed E-state index contributed by atoms with van der Waals surface area (Å²) in [6.07, 6.45) is 2.82. The van der Waals surface area contributed by atoms with Crippen molar-refractivity contribution < 1.29 is 4.79 Å². The maximum atomic E-state index is 10.7. The lowest BCUT2D eigenvalue weighted by atomic mass is 10.1. The fourth-order valence-electron chi connectivity index (χ4n) is 1.22. The molecule has 1 rings (SSSR count). The Balaban J connectivity index is 2.46. The SMILES string of the molecule is CC(C)=CC1CNC(=O)C1. The molecule has 2 nitrogen and oxygen atoms in total. The first-order valence-electron chi connectivity index (χ1n) is 3.60. The lowest BCUT2D eigenvalue weighted by Crippen LogP contribution is -2.13. The van der Waals surface area contributed by atoms with E-state index < -0.39 is 0 Å². The van der Waals surface area contributed by atoms with Crippen molar-refractivity contribution in [2.75, 3.05) is 6.54 Å². The van der Waals surface area contributed by atoms with E-state index in [1.54, 1.807) is 0 Å².